The Morgan fingerprint density at radius 3 is 2.92 bits per heavy atom. The molecule has 1 aliphatic rings. The molecule has 130 valence electrons. The summed E-state index contributed by atoms with van der Waals surface area (Å²) in [6, 6.07) is 4.79. The number of ether oxygens (including phenoxy) is 1. The Kier molecular flexibility index (Phi) is 4.36. The molecule has 0 saturated carbocycles. The minimum absolute atomic E-state index is 0.0253. The van der Waals surface area contributed by atoms with Gasteiger partial charge in [0.15, 0.2) is 5.60 Å². The molecule has 6 heteroatoms. The number of hydrogen-bond acceptors (Lipinski definition) is 3. The summed E-state index contributed by atoms with van der Waals surface area (Å²) in [6.45, 7) is 6.34. The highest BCUT2D eigenvalue weighted by molar-refractivity contribution is 5.85. The van der Waals surface area contributed by atoms with Crippen LogP contribution in [0.25, 0.3) is 10.9 Å². The van der Waals surface area contributed by atoms with Crippen LogP contribution in [0.4, 0.5) is 4.39 Å². The van der Waals surface area contributed by atoms with Gasteiger partial charge in [-0.3, -0.25) is 9.69 Å². The van der Waals surface area contributed by atoms with Crippen LogP contribution in [0.2, 0.25) is 0 Å². The van der Waals surface area contributed by atoms with Crippen LogP contribution in [0.15, 0.2) is 18.2 Å². The standard InChI is InChI=1S/C18H24FN3O2/c1-12-14-9-13(19)5-6-15(14)20-16(12)10-22-7-8-24-18(2,11-22)17(23)21(3)4/h5-6,9,20H,7-8,10-11H2,1-4H3. The number of halogens is 1. The van der Waals surface area contributed by atoms with Gasteiger partial charge in [0.25, 0.3) is 5.91 Å². The van der Waals surface area contributed by atoms with E-state index in [0.29, 0.717) is 19.7 Å². The number of aryl methyl sites for hydroxylation is 1. The van der Waals surface area contributed by atoms with Crippen molar-refractivity contribution in [3.05, 3.63) is 35.3 Å². The number of likely N-dealkylation sites (N-methyl/N-ethyl adjacent to an activating group) is 1. The molecule has 1 saturated heterocycles. The minimum atomic E-state index is -0.826. The predicted octanol–water partition coefficient (Wildman–Crippen LogP) is 2.29. The maximum absolute atomic E-state index is 13.5. The van der Waals surface area contributed by atoms with E-state index in [4.69, 9.17) is 4.74 Å². The number of aromatic nitrogens is 1. The molecule has 1 fully saturated rings. The van der Waals surface area contributed by atoms with Crippen LogP contribution in [0.3, 0.4) is 0 Å². The lowest BCUT2D eigenvalue weighted by atomic mass is 10.0. The molecule has 1 aliphatic heterocycles. The zero-order chi connectivity index (χ0) is 17.5. The quantitative estimate of drug-likeness (QED) is 0.938. The highest BCUT2D eigenvalue weighted by Crippen LogP contribution is 2.26. The summed E-state index contributed by atoms with van der Waals surface area (Å²) in [5.41, 5.74) is 2.21. The second-order valence-electron chi connectivity index (χ2n) is 6.91. The first kappa shape index (κ1) is 16.9. The lowest BCUT2D eigenvalue weighted by Crippen LogP contribution is -2.57. The number of rotatable bonds is 3. The molecule has 1 N–H and O–H groups in total. The first-order valence-corrected chi connectivity index (χ1v) is 8.15. The van der Waals surface area contributed by atoms with E-state index in [0.717, 1.165) is 28.7 Å². The molecule has 1 unspecified atom stereocenters. The van der Waals surface area contributed by atoms with Crippen molar-refractivity contribution in [3.63, 3.8) is 0 Å². The number of morpholine rings is 1. The lowest BCUT2D eigenvalue weighted by molar-refractivity contribution is -0.165. The third kappa shape index (κ3) is 3.03. The summed E-state index contributed by atoms with van der Waals surface area (Å²) in [5.74, 6) is -0.255. The van der Waals surface area contributed by atoms with Gasteiger partial charge in [-0.05, 0) is 37.6 Å². The number of aromatic amines is 1. The second-order valence-corrected chi connectivity index (χ2v) is 6.91. The van der Waals surface area contributed by atoms with Gasteiger partial charge in [-0.15, -0.1) is 0 Å². The SMILES string of the molecule is Cc1c(CN2CCOC(C)(C(=O)N(C)C)C2)[nH]c2ccc(F)cc12. The van der Waals surface area contributed by atoms with E-state index in [1.54, 1.807) is 31.1 Å². The van der Waals surface area contributed by atoms with E-state index in [9.17, 15) is 9.18 Å². The Morgan fingerprint density at radius 2 is 2.21 bits per heavy atom. The largest absolute Gasteiger partial charge is 0.363 e. The Bertz CT molecular complexity index is 771. The molecule has 1 aromatic carbocycles. The van der Waals surface area contributed by atoms with Gasteiger partial charge in [0.2, 0.25) is 0 Å². The third-order valence-corrected chi connectivity index (χ3v) is 4.72. The fourth-order valence-electron chi connectivity index (χ4n) is 3.43. The van der Waals surface area contributed by atoms with Crippen LogP contribution in [0.5, 0.6) is 0 Å². The molecule has 0 bridgehead atoms. The van der Waals surface area contributed by atoms with Gasteiger partial charge in [-0.1, -0.05) is 0 Å². The molecule has 2 heterocycles. The fourth-order valence-corrected chi connectivity index (χ4v) is 3.43. The van der Waals surface area contributed by atoms with Crippen LogP contribution in [-0.4, -0.2) is 60.1 Å². The van der Waals surface area contributed by atoms with Crippen molar-refractivity contribution in [1.29, 1.82) is 0 Å². The number of benzene rings is 1. The maximum atomic E-state index is 13.5. The van der Waals surface area contributed by atoms with Crippen molar-refractivity contribution >= 4 is 16.8 Å². The molecule has 0 radical (unpaired) electrons. The number of carbonyl (C=O) groups is 1. The Labute approximate surface area is 141 Å². The normalized spacial score (nSPS) is 22.0. The number of nitrogens with one attached hydrogen (secondary N) is 1. The van der Waals surface area contributed by atoms with Crippen molar-refractivity contribution in [2.24, 2.45) is 0 Å². The van der Waals surface area contributed by atoms with Gasteiger partial charge in [0.1, 0.15) is 5.82 Å². The van der Waals surface area contributed by atoms with Gasteiger partial charge in [-0.2, -0.15) is 0 Å². The van der Waals surface area contributed by atoms with Crippen molar-refractivity contribution in [3.8, 4) is 0 Å². The van der Waals surface area contributed by atoms with Gasteiger partial charge in [-0.25, -0.2) is 4.39 Å². The average molecular weight is 333 g/mol. The van der Waals surface area contributed by atoms with Crippen LogP contribution in [-0.2, 0) is 16.1 Å². The Morgan fingerprint density at radius 1 is 1.46 bits per heavy atom. The Balaban J connectivity index is 1.81. The van der Waals surface area contributed by atoms with Gasteiger partial charge >= 0.3 is 0 Å². The van der Waals surface area contributed by atoms with E-state index < -0.39 is 5.60 Å². The molecule has 2 aromatic rings. The minimum Gasteiger partial charge on any atom is -0.363 e. The van der Waals surface area contributed by atoms with Crippen molar-refractivity contribution in [2.45, 2.75) is 26.0 Å². The summed E-state index contributed by atoms with van der Waals surface area (Å²) in [4.78, 5) is 19.5. The van der Waals surface area contributed by atoms with Crippen LogP contribution < -0.4 is 0 Å². The first-order valence-electron chi connectivity index (χ1n) is 8.15. The zero-order valence-corrected chi connectivity index (χ0v) is 14.6. The molecule has 0 spiro atoms. The molecule has 3 rings (SSSR count). The smallest absolute Gasteiger partial charge is 0.255 e. The van der Waals surface area contributed by atoms with Crippen molar-refractivity contribution in [1.82, 2.24) is 14.8 Å². The molecule has 1 amide bonds. The molecule has 5 nitrogen and oxygen atoms in total. The summed E-state index contributed by atoms with van der Waals surface area (Å²) >= 11 is 0. The summed E-state index contributed by atoms with van der Waals surface area (Å²) in [5, 5.41) is 0.908. The highest BCUT2D eigenvalue weighted by Gasteiger charge is 2.40. The molecule has 1 aromatic heterocycles. The monoisotopic (exact) mass is 333 g/mol. The molecule has 0 aliphatic carbocycles. The van der Waals surface area contributed by atoms with E-state index >= 15 is 0 Å². The molecule has 1 atom stereocenters. The maximum Gasteiger partial charge on any atom is 0.255 e. The summed E-state index contributed by atoms with van der Waals surface area (Å²) < 4.78 is 19.2. The van der Waals surface area contributed by atoms with Gasteiger partial charge in [0, 0.05) is 50.3 Å². The number of fused-ring (bicyclic) bond motifs is 1. The number of amides is 1. The van der Waals surface area contributed by atoms with E-state index in [1.807, 2.05) is 13.8 Å². The molecule has 24 heavy (non-hydrogen) atoms. The van der Waals surface area contributed by atoms with Gasteiger partial charge in [0.05, 0.1) is 6.61 Å². The predicted molar refractivity (Wildman–Crippen MR) is 91.3 cm³/mol. The Hall–Kier alpha value is -1.92. The fraction of sp³-hybridized carbons (Fsp3) is 0.500. The van der Waals surface area contributed by atoms with E-state index in [1.165, 1.54) is 6.07 Å². The summed E-state index contributed by atoms with van der Waals surface area (Å²) in [6.07, 6.45) is 0. The number of hydrogen-bond donors (Lipinski definition) is 1. The first-order chi connectivity index (χ1) is 11.3. The molecular weight excluding hydrogens is 309 g/mol. The number of H-pyrrole nitrogens is 1. The second kappa shape index (κ2) is 6.18. The van der Waals surface area contributed by atoms with Gasteiger partial charge < -0.3 is 14.6 Å². The van der Waals surface area contributed by atoms with E-state index in [2.05, 4.69) is 9.88 Å². The zero-order valence-electron chi connectivity index (χ0n) is 14.6. The van der Waals surface area contributed by atoms with Crippen LogP contribution >= 0.6 is 0 Å². The number of nitrogens with zero attached hydrogens (tertiary/aromatic N) is 2. The van der Waals surface area contributed by atoms with Crippen molar-refractivity contribution < 1.29 is 13.9 Å². The molecular formula is C18H24FN3O2. The van der Waals surface area contributed by atoms with E-state index in [-0.39, 0.29) is 11.7 Å². The van der Waals surface area contributed by atoms with Crippen LogP contribution in [0.1, 0.15) is 18.2 Å². The average Bonchev–Trinajstić information content (AvgIpc) is 2.83. The van der Waals surface area contributed by atoms with Crippen molar-refractivity contribution in [2.75, 3.05) is 33.8 Å². The van der Waals surface area contributed by atoms with Crippen LogP contribution in [0, 0.1) is 12.7 Å². The highest BCUT2D eigenvalue weighted by atomic mass is 19.1. The number of carbonyl (C=O) groups excluding carboxylic acids is 1. The topological polar surface area (TPSA) is 48.6 Å². The lowest BCUT2D eigenvalue weighted by Gasteiger charge is -2.40. The summed E-state index contributed by atoms with van der Waals surface area (Å²) in [7, 11) is 3.48. The third-order valence-electron chi connectivity index (χ3n) is 4.72.